The Morgan fingerprint density at radius 2 is 2.11 bits per heavy atom. The molecule has 0 saturated carbocycles. The Bertz CT molecular complexity index is 1030. The van der Waals surface area contributed by atoms with E-state index in [-0.39, 0.29) is 11.9 Å². The summed E-state index contributed by atoms with van der Waals surface area (Å²) in [7, 11) is 0. The van der Waals surface area contributed by atoms with Crippen LogP contribution in [0.1, 0.15) is 53.4 Å². The van der Waals surface area contributed by atoms with Gasteiger partial charge in [0.05, 0.1) is 6.04 Å². The molecular formula is C21H25N5OS. The molecule has 0 spiro atoms. The minimum absolute atomic E-state index is 0.0870. The normalized spacial score (nSPS) is 16.2. The molecule has 146 valence electrons. The average molecular weight is 396 g/mol. The second-order valence-electron chi connectivity index (χ2n) is 7.28. The van der Waals surface area contributed by atoms with Gasteiger partial charge in [0.1, 0.15) is 0 Å². The van der Waals surface area contributed by atoms with E-state index in [9.17, 15) is 4.79 Å². The van der Waals surface area contributed by atoms with E-state index in [1.807, 2.05) is 20.1 Å². The lowest BCUT2D eigenvalue weighted by Crippen LogP contribution is -2.31. The zero-order chi connectivity index (χ0) is 19.7. The predicted octanol–water partition coefficient (Wildman–Crippen LogP) is 3.59. The molecule has 6 nitrogen and oxygen atoms in total. The zero-order valence-electron chi connectivity index (χ0n) is 16.5. The van der Waals surface area contributed by atoms with Gasteiger partial charge in [-0.3, -0.25) is 4.79 Å². The summed E-state index contributed by atoms with van der Waals surface area (Å²) in [4.78, 5) is 21.6. The maximum absolute atomic E-state index is 12.7. The Morgan fingerprint density at radius 1 is 1.29 bits per heavy atom. The van der Waals surface area contributed by atoms with Gasteiger partial charge in [0.15, 0.2) is 0 Å². The highest BCUT2D eigenvalue weighted by Gasteiger charge is 2.21. The van der Waals surface area contributed by atoms with Crippen molar-refractivity contribution in [3.63, 3.8) is 0 Å². The van der Waals surface area contributed by atoms with Crippen LogP contribution in [-0.2, 0) is 17.6 Å². The van der Waals surface area contributed by atoms with Crippen molar-refractivity contribution in [2.24, 2.45) is 0 Å². The van der Waals surface area contributed by atoms with Crippen molar-refractivity contribution in [3.8, 4) is 0 Å². The lowest BCUT2D eigenvalue weighted by molar-refractivity contribution is -0.121. The van der Waals surface area contributed by atoms with Crippen LogP contribution in [-0.4, -0.2) is 31.7 Å². The van der Waals surface area contributed by atoms with Crippen molar-refractivity contribution in [1.29, 1.82) is 0 Å². The van der Waals surface area contributed by atoms with Crippen LogP contribution in [0.4, 0.5) is 0 Å². The number of aromatic nitrogens is 4. The second-order valence-corrected chi connectivity index (χ2v) is 8.06. The summed E-state index contributed by atoms with van der Waals surface area (Å²) in [6.07, 6.45) is 6.26. The number of nitrogens with zero attached hydrogens (tertiary/aromatic N) is 4. The summed E-state index contributed by atoms with van der Waals surface area (Å²) in [5.41, 5.74) is 5.62. The van der Waals surface area contributed by atoms with Crippen LogP contribution in [0.25, 0.3) is 5.78 Å². The van der Waals surface area contributed by atoms with Crippen LogP contribution in [0.3, 0.4) is 0 Å². The molecule has 0 radical (unpaired) electrons. The number of amides is 1. The fraction of sp³-hybridized carbons (Fsp3) is 0.429. The summed E-state index contributed by atoms with van der Waals surface area (Å²) in [6.45, 7) is 4.00. The summed E-state index contributed by atoms with van der Waals surface area (Å²) in [5, 5.41) is 8.43. The van der Waals surface area contributed by atoms with Crippen LogP contribution in [0.5, 0.6) is 0 Å². The molecular weight excluding hydrogens is 370 g/mol. The molecule has 1 aromatic carbocycles. The van der Waals surface area contributed by atoms with Gasteiger partial charge in [-0.2, -0.15) is 4.98 Å². The van der Waals surface area contributed by atoms with E-state index in [1.54, 1.807) is 4.52 Å². The van der Waals surface area contributed by atoms with E-state index in [1.165, 1.54) is 22.9 Å². The number of carbonyl (C=O) groups is 1. The number of benzene rings is 1. The molecule has 0 aliphatic heterocycles. The van der Waals surface area contributed by atoms with Gasteiger partial charge in [-0.15, -0.1) is 5.10 Å². The third kappa shape index (κ3) is 3.63. The third-order valence-electron chi connectivity index (χ3n) is 5.52. The maximum atomic E-state index is 12.7. The molecule has 4 rings (SSSR count). The molecule has 0 unspecified atom stereocenters. The van der Waals surface area contributed by atoms with Crippen molar-refractivity contribution >= 4 is 23.4 Å². The molecule has 7 heteroatoms. The van der Waals surface area contributed by atoms with Crippen LogP contribution < -0.4 is 5.32 Å². The van der Waals surface area contributed by atoms with Gasteiger partial charge in [0.25, 0.3) is 5.78 Å². The van der Waals surface area contributed by atoms with Gasteiger partial charge in [-0.1, -0.05) is 36.0 Å². The molecule has 2 heterocycles. The lowest BCUT2D eigenvalue weighted by atomic mass is 9.87. The summed E-state index contributed by atoms with van der Waals surface area (Å²) < 4.78 is 1.78. The van der Waals surface area contributed by atoms with Crippen molar-refractivity contribution in [2.45, 2.75) is 57.1 Å². The molecule has 1 atom stereocenters. The van der Waals surface area contributed by atoms with Gasteiger partial charge in [-0.25, -0.2) is 9.50 Å². The van der Waals surface area contributed by atoms with Crippen molar-refractivity contribution < 1.29 is 4.79 Å². The fourth-order valence-corrected chi connectivity index (χ4v) is 4.38. The molecule has 28 heavy (non-hydrogen) atoms. The third-order valence-corrected chi connectivity index (χ3v) is 6.06. The van der Waals surface area contributed by atoms with E-state index in [2.05, 4.69) is 44.6 Å². The molecule has 1 aliphatic rings. The van der Waals surface area contributed by atoms with E-state index in [0.29, 0.717) is 23.8 Å². The molecule has 1 N–H and O–H groups in total. The van der Waals surface area contributed by atoms with Gasteiger partial charge >= 0.3 is 0 Å². The SMILES string of the molecule is CSc1nc2nc(C)c(CCC(=O)N[C@@H]3CCCc4ccccc43)c(C)n2n1. The Balaban J connectivity index is 1.47. The summed E-state index contributed by atoms with van der Waals surface area (Å²) in [5.74, 6) is 0.704. The second kappa shape index (κ2) is 7.91. The number of thioether (sulfide) groups is 1. The minimum Gasteiger partial charge on any atom is -0.349 e. The number of aryl methyl sites for hydroxylation is 3. The van der Waals surface area contributed by atoms with E-state index >= 15 is 0 Å². The Kier molecular flexibility index (Phi) is 5.35. The molecule has 0 saturated heterocycles. The van der Waals surface area contributed by atoms with Gasteiger partial charge in [-0.05, 0) is 62.5 Å². The highest BCUT2D eigenvalue weighted by molar-refractivity contribution is 7.98. The summed E-state index contributed by atoms with van der Waals surface area (Å²) in [6, 6.07) is 8.56. The van der Waals surface area contributed by atoms with Crippen LogP contribution in [0.2, 0.25) is 0 Å². The van der Waals surface area contributed by atoms with Crippen LogP contribution in [0, 0.1) is 13.8 Å². The Hall–Kier alpha value is -2.41. The first-order chi connectivity index (χ1) is 13.6. The zero-order valence-corrected chi connectivity index (χ0v) is 17.3. The number of hydrogen-bond donors (Lipinski definition) is 1. The highest BCUT2D eigenvalue weighted by atomic mass is 32.2. The first-order valence-corrected chi connectivity index (χ1v) is 10.9. The number of carbonyl (C=O) groups excluding carboxylic acids is 1. The molecule has 3 aromatic rings. The quantitative estimate of drug-likeness (QED) is 0.669. The number of nitrogens with one attached hydrogen (secondary N) is 1. The Labute approximate surface area is 169 Å². The molecule has 1 amide bonds. The van der Waals surface area contributed by atoms with Crippen LogP contribution >= 0.6 is 11.8 Å². The van der Waals surface area contributed by atoms with Crippen molar-refractivity contribution in [3.05, 3.63) is 52.3 Å². The topological polar surface area (TPSA) is 72.2 Å². The number of rotatable bonds is 5. The largest absolute Gasteiger partial charge is 0.349 e. The summed E-state index contributed by atoms with van der Waals surface area (Å²) >= 11 is 1.50. The van der Waals surface area contributed by atoms with Crippen LogP contribution in [0.15, 0.2) is 29.4 Å². The molecule has 0 bridgehead atoms. The van der Waals surface area contributed by atoms with Gasteiger partial charge in [0, 0.05) is 17.8 Å². The highest BCUT2D eigenvalue weighted by Crippen LogP contribution is 2.29. The van der Waals surface area contributed by atoms with Crippen molar-refractivity contribution in [2.75, 3.05) is 6.26 Å². The van der Waals surface area contributed by atoms with Gasteiger partial charge in [0.2, 0.25) is 11.1 Å². The van der Waals surface area contributed by atoms with Gasteiger partial charge < -0.3 is 5.32 Å². The maximum Gasteiger partial charge on any atom is 0.253 e. The Morgan fingerprint density at radius 3 is 2.93 bits per heavy atom. The molecule has 0 fully saturated rings. The van der Waals surface area contributed by atoms with E-state index in [0.717, 1.165) is 36.2 Å². The van der Waals surface area contributed by atoms with E-state index < -0.39 is 0 Å². The molecule has 1 aliphatic carbocycles. The van der Waals surface area contributed by atoms with E-state index in [4.69, 9.17) is 0 Å². The van der Waals surface area contributed by atoms with Crippen molar-refractivity contribution in [1.82, 2.24) is 24.9 Å². The average Bonchev–Trinajstić information content (AvgIpc) is 3.11. The minimum atomic E-state index is 0.0870. The number of hydrogen-bond acceptors (Lipinski definition) is 5. The number of fused-ring (bicyclic) bond motifs is 2. The predicted molar refractivity (Wildman–Crippen MR) is 111 cm³/mol. The molecule has 2 aromatic heterocycles. The monoisotopic (exact) mass is 395 g/mol. The first kappa shape index (κ1) is 18.9. The first-order valence-electron chi connectivity index (χ1n) is 9.71. The lowest BCUT2D eigenvalue weighted by Gasteiger charge is -2.26. The standard InChI is InChI=1S/C21H25N5OS/c1-13-16(14(2)26-20(22-13)24-21(25-26)28-3)11-12-19(27)23-18-10-6-8-15-7-4-5-9-17(15)18/h4-5,7,9,18H,6,8,10-12H2,1-3H3,(H,23,27)/t18-/m1/s1. The fourth-order valence-electron chi connectivity index (χ4n) is 4.05. The smallest absolute Gasteiger partial charge is 0.253 e.